The van der Waals surface area contributed by atoms with Crippen LogP contribution in [-0.4, -0.2) is 16.9 Å². The van der Waals surface area contributed by atoms with Crippen molar-refractivity contribution in [2.75, 3.05) is 0 Å². The molecule has 1 amide bonds. The van der Waals surface area contributed by atoms with Gasteiger partial charge in [-0.1, -0.05) is 17.7 Å². The van der Waals surface area contributed by atoms with Gasteiger partial charge in [-0.3, -0.25) is 14.9 Å². The molecule has 0 fully saturated rings. The number of nitro benzene ring substituents is 1. The molecule has 0 radical (unpaired) electrons. The fourth-order valence-corrected chi connectivity index (χ4v) is 1.49. The van der Waals surface area contributed by atoms with E-state index in [1.807, 2.05) is 0 Å². The van der Waals surface area contributed by atoms with E-state index in [0.29, 0.717) is 5.56 Å². The Morgan fingerprint density at radius 3 is 2.82 bits per heavy atom. The lowest BCUT2D eigenvalue weighted by Gasteiger charge is -2.11. The van der Waals surface area contributed by atoms with Crippen LogP contribution in [0.25, 0.3) is 0 Å². The summed E-state index contributed by atoms with van der Waals surface area (Å²) in [7, 11) is 0. The first-order chi connectivity index (χ1) is 7.93. The van der Waals surface area contributed by atoms with Crippen LogP contribution in [0.2, 0.25) is 5.02 Å². The second kappa shape index (κ2) is 5.60. The molecular weight excluding hydrogens is 246 g/mol. The van der Waals surface area contributed by atoms with Gasteiger partial charge in [0.1, 0.15) is 0 Å². The Kier molecular flexibility index (Phi) is 4.42. The minimum Gasteiger partial charge on any atom is -0.368 e. The molecule has 0 saturated heterocycles. The Morgan fingerprint density at radius 2 is 2.29 bits per heavy atom. The number of halogens is 1. The summed E-state index contributed by atoms with van der Waals surface area (Å²) in [5, 5.41) is 13.8. The molecule has 0 heterocycles. The van der Waals surface area contributed by atoms with Crippen LogP contribution in [0.3, 0.4) is 0 Å². The number of amides is 1. The molecule has 0 bridgehead atoms. The number of nitrogens with one attached hydrogen (secondary N) is 1. The van der Waals surface area contributed by atoms with Gasteiger partial charge in [0.2, 0.25) is 5.91 Å². The van der Waals surface area contributed by atoms with Gasteiger partial charge in [0.05, 0.1) is 21.6 Å². The molecule has 1 aromatic carbocycles. The topological polar surface area (TPSA) is 98.3 Å². The minimum absolute atomic E-state index is 0.0818. The summed E-state index contributed by atoms with van der Waals surface area (Å²) in [6.45, 7) is 1.69. The third-order valence-corrected chi connectivity index (χ3v) is 2.66. The zero-order valence-electron chi connectivity index (χ0n) is 9.14. The molecule has 92 valence electrons. The van der Waals surface area contributed by atoms with Crippen LogP contribution in [0.5, 0.6) is 0 Å². The van der Waals surface area contributed by atoms with Crippen LogP contribution < -0.4 is 11.1 Å². The van der Waals surface area contributed by atoms with Crippen LogP contribution in [0, 0.1) is 10.1 Å². The third kappa shape index (κ3) is 3.40. The summed E-state index contributed by atoms with van der Waals surface area (Å²) in [6, 6.07) is 3.84. The van der Waals surface area contributed by atoms with Crippen LogP contribution in [0.1, 0.15) is 12.5 Å². The predicted octanol–water partition coefficient (Wildman–Crippen LogP) is 1.21. The molecule has 0 aliphatic heterocycles. The maximum Gasteiger partial charge on any atom is 0.275 e. The number of rotatable bonds is 5. The molecule has 7 heteroatoms. The molecule has 1 unspecified atom stereocenters. The summed E-state index contributed by atoms with van der Waals surface area (Å²) in [5.74, 6) is -0.528. The van der Waals surface area contributed by atoms with E-state index in [2.05, 4.69) is 5.32 Å². The highest BCUT2D eigenvalue weighted by molar-refractivity contribution is 6.31. The average molecular weight is 258 g/mol. The maximum absolute atomic E-state index is 10.8. The second-order valence-electron chi connectivity index (χ2n) is 3.50. The van der Waals surface area contributed by atoms with Crippen molar-refractivity contribution >= 4 is 23.2 Å². The van der Waals surface area contributed by atoms with Crippen molar-refractivity contribution in [1.82, 2.24) is 5.32 Å². The van der Waals surface area contributed by atoms with E-state index >= 15 is 0 Å². The molecule has 1 atom stereocenters. The Bertz CT molecular complexity index is 450. The monoisotopic (exact) mass is 257 g/mol. The van der Waals surface area contributed by atoms with Crippen molar-refractivity contribution in [3.8, 4) is 0 Å². The van der Waals surface area contributed by atoms with Crippen molar-refractivity contribution < 1.29 is 9.72 Å². The molecule has 0 aromatic heterocycles. The van der Waals surface area contributed by atoms with Crippen LogP contribution in [-0.2, 0) is 11.3 Å². The summed E-state index contributed by atoms with van der Waals surface area (Å²) in [5.41, 5.74) is 5.33. The number of carbonyl (C=O) groups excluding carboxylic acids is 1. The summed E-state index contributed by atoms with van der Waals surface area (Å²) < 4.78 is 0. The van der Waals surface area contributed by atoms with Crippen molar-refractivity contribution in [3.63, 3.8) is 0 Å². The van der Waals surface area contributed by atoms with Crippen LogP contribution in [0.15, 0.2) is 18.2 Å². The first kappa shape index (κ1) is 13.4. The van der Waals surface area contributed by atoms with Gasteiger partial charge in [-0.05, 0) is 13.0 Å². The molecule has 17 heavy (non-hydrogen) atoms. The zero-order chi connectivity index (χ0) is 13.0. The van der Waals surface area contributed by atoms with Crippen molar-refractivity contribution in [2.45, 2.75) is 19.5 Å². The normalized spacial score (nSPS) is 12.1. The molecule has 1 rings (SSSR count). The van der Waals surface area contributed by atoms with Gasteiger partial charge >= 0.3 is 0 Å². The largest absolute Gasteiger partial charge is 0.368 e. The lowest BCUT2D eigenvalue weighted by atomic mass is 10.1. The van der Waals surface area contributed by atoms with E-state index in [1.54, 1.807) is 13.0 Å². The van der Waals surface area contributed by atoms with Gasteiger partial charge in [-0.25, -0.2) is 0 Å². The quantitative estimate of drug-likeness (QED) is 0.612. The van der Waals surface area contributed by atoms with Gasteiger partial charge in [-0.2, -0.15) is 0 Å². The van der Waals surface area contributed by atoms with Gasteiger partial charge in [0, 0.05) is 12.6 Å². The van der Waals surface area contributed by atoms with Crippen molar-refractivity contribution in [3.05, 3.63) is 38.9 Å². The van der Waals surface area contributed by atoms with E-state index in [9.17, 15) is 14.9 Å². The molecule has 0 aliphatic rings. The van der Waals surface area contributed by atoms with Crippen molar-refractivity contribution in [1.29, 1.82) is 0 Å². The minimum atomic E-state index is -0.578. The smallest absolute Gasteiger partial charge is 0.275 e. The average Bonchev–Trinajstić information content (AvgIpc) is 2.26. The number of benzene rings is 1. The lowest BCUT2D eigenvalue weighted by Crippen LogP contribution is -2.38. The number of nitrogens with two attached hydrogens (primary N) is 1. The number of nitrogens with zero attached hydrogens (tertiary/aromatic N) is 1. The number of hydrogen-bond donors (Lipinski definition) is 2. The highest BCUT2D eigenvalue weighted by Crippen LogP contribution is 2.25. The number of primary amides is 1. The molecule has 6 nitrogen and oxygen atoms in total. The number of hydrogen-bond acceptors (Lipinski definition) is 4. The second-order valence-corrected chi connectivity index (χ2v) is 3.91. The summed E-state index contributed by atoms with van der Waals surface area (Å²) >= 11 is 5.88. The standard InChI is InChI=1S/C10H12ClN3O3/c1-6(10(12)15)13-5-7-8(11)3-2-4-9(7)14(16)17/h2-4,6,13H,5H2,1H3,(H2,12,15). The molecule has 0 saturated carbocycles. The van der Waals surface area contributed by atoms with E-state index in [-0.39, 0.29) is 17.3 Å². The van der Waals surface area contributed by atoms with Crippen molar-refractivity contribution in [2.24, 2.45) is 5.73 Å². The maximum atomic E-state index is 10.8. The Balaban J connectivity index is 2.90. The van der Waals surface area contributed by atoms with Gasteiger partial charge < -0.3 is 11.1 Å². The van der Waals surface area contributed by atoms with Gasteiger partial charge in [0.15, 0.2) is 0 Å². The van der Waals surface area contributed by atoms with E-state index in [1.165, 1.54) is 12.1 Å². The van der Waals surface area contributed by atoms with Crippen LogP contribution in [0.4, 0.5) is 5.69 Å². The number of carbonyl (C=O) groups is 1. The fraction of sp³-hybridized carbons (Fsp3) is 0.300. The lowest BCUT2D eigenvalue weighted by molar-refractivity contribution is -0.385. The first-order valence-corrected chi connectivity index (χ1v) is 5.25. The fourth-order valence-electron chi connectivity index (χ4n) is 1.25. The van der Waals surface area contributed by atoms with E-state index in [0.717, 1.165) is 0 Å². The van der Waals surface area contributed by atoms with E-state index < -0.39 is 16.9 Å². The SMILES string of the molecule is CC(NCc1c(Cl)cccc1[N+](=O)[O-])C(N)=O. The number of nitro groups is 1. The third-order valence-electron chi connectivity index (χ3n) is 2.30. The zero-order valence-corrected chi connectivity index (χ0v) is 9.90. The van der Waals surface area contributed by atoms with E-state index in [4.69, 9.17) is 17.3 Å². The van der Waals surface area contributed by atoms with Gasteiger partial charge in [-0.15, -0.1) is 0 Å². The molecule has 1 aromatic rings. The van der Waals surface area contributed by atoms with Crippen LogP contribution >= 0.6 is 11.6 Å². The Morgan fingerprint density at radius 1 is 1.65 bits per heavy atom. The molecule has 0 spiro atoms. The highest BCUT2D eigenvalue weighted by Gasteiger charge is 2.17. The Labute approximate surface area is 103 Å². The summed E-state index contributed by atoms with van der Waals surface area (Å²) in [4.78, 5) is 21.1. The highest BCUT2D eigenvalue weighted by atomic mass is 35.5. The Hall–Kier alpha value is -1.66. The van der Waals surface area contributed by atoms with Gasteiger partial charge in [0.25, 0.3) is 5.69 Å². The molecular formula is C10H12ClN3O3. The molecule has 0 aliphatic carbocycles. The summed E-state index contributed by atoms with van der Waals surface area (Å²) in [6.07, 6.45) is 0. The molecule has 3 N–H and O–H groups in total. The predicted molar refractivity (Wildman–Crippen MR) is 63.6 cm³/mol. The first-order valence-electron chi connectivity index (χ1n) is 4.88.